The number of nitrogens with zero attached hydrogens (tertiary/aromatic N) is 1. The summed E-state index contributed by atoms with van der Waals surface area (Å²) >= 11 is 0. The second-order valence-corrected chi connectivity index (χ2v) is 7.36. The number of fused-ring (bicyclic) bond motifs is 1. The van der Waals surface area contributed by atoms with E-state index in [9.17, 15) is 29.1 Å². The van der Waals surface area contributed by atoms with Crippen LogP contribution in [0.3, 0.4) is 0 Å². The SMILES string of the molecule is Nc1nc2[nH]c(CCNC(=O)c3ccccc3C(=O)N[C@@H](CCC(=O)O)C(=O)O)cc2c(=O)[nH]1. The number of benzene rings is 1. The summed E-state index contributed by atoms with van der Waals surface area (Å²) in [6.07, 6.45) is -0.425. The monoisotopic (exact) mass is 470 g/mol. The fourth-order valence-electron chi connectivity index (χ4n) is 3.27. The van der Waals surface area contributed by atoms with Crippen molar-refractivity contribution in [2.75, 3.05) is 12.3 Å². The third kappa shape index (κ3) is 5.76. The lowest BCUT2D eigenvalue weighted by molar-refractivity contribution is -0.140. The molecule has 0 aliphatic carbocycles. The molecule has 0 radical (unpaired) electrons. The number of amides is 2. The number of anilines is 1. The second kappa shape index (κ2) is 10.3. The number of aromatic nitrogens is 3. The largest absolute Gasteiger partial charge is 0.481 e. The number of carbonyl (C=O) groups is 4. The summed E-state index contributed by atoms with van der Waals surface area (Å²) in [5, 5.41) is 23.2. The van der Waals surface area contributed by atoms with Crippen LogP contribution in [0.15, 0.2) is 35.1 Å². The molecular formula is C21H22N6O7. The van der Waals surface area contributed by atoms with Crippen molar-refractivity contribution in [2.24, 2.45) is 0 Å². The van der Waals surface area contributed by atoms with Gasteiger partial charge < -0.3 is 31.6 Å². The molecule has 0 spiro atoms. The van der Waals surface area contributed by atoms with Crippen LogP contribution in [0.4, 0.5) is 5.95 Å². The average molecular weight is 470 g/mol. The summed E-state index contributed by atoms with van der Waals surface area (Å²) in [7, 11) is 0. The Hall–Kier alpha value is -4.68. The number of carbonyl (C=O) groups excluding carboxylic acids is 2. The van der Waals surface area contributed by atoms with E-state index in [2.05, 4.69) is 25.6 Å². The van der Waals surface area contributed by atoms with Gasteiger partial charge in [0.25, 0.3) is 17.4 Å². The fraction of sp³-hybridized carbons (Fsp3) is 0.238. The van der Waals surface area contributed by atoms with E-state index in [1.54, 1.807) is 12.1 Å². The Bertz CT molecular complexity index is 1310. The Labute approximate surface area is 191 Å². The molecule has 0 saturated heterocycles. The van der Waals surface area contributed by atoms with Crippen LogP contribution in [0, 0.1) is 0 Å². The highest BCUT2D eigenvalue weighted by Crippen LogP contribution is 2.12. The van der Waals surface area contributed by atoms with E-state index < -0.39 is 41.8 Å². The van der Waals surface area contributed by atoms with Gasteiger partial charge in [-0.05, 0) is 24.6 Å². The van der Waals surface area contributed by atoms with Crippen LogP contribution in [0.25, 0.3) is 11.0 Å². The smallest absolute Gasteiger partial charge is 0.326 e. The normalized spacial score (nSPS) is 11.6. The summed E-state index contributed by atoms with van der Waals surface area (Å²) in [5.74, 6) is -3.99. The van der Waals surface area contributed by atoms with Crippen molar-refractivity contribution < 1.29 is 29.4 Å². The number of rotatable bonds is 10. The topological polar surface area (TPSA) is 220 Å². The van der Waals surface area contributed by atoms with Crippen LogP contribution in [0.5, 0.6) is 0 Å². The number of aliphatic carboxylic acids is 2. The van der Waals surface area contributed by atoms with Gasteiger partial charge in [0.1, 0.15) is 11.7 Å². The highest BCUT2D eigenvalue weighted by Gasteiger charge is 2.24. The Morgan fingerprint density at radius 3 is 2.38 bits per heavy atom. The molecule has 2 amide bonds. The molecule has 1 aromatic carbocycles. The van der Waals surface area contributed by atoms with Crippen LogP contribution < -0.4 is 21.9 Å². The molecule has 0 aliphatic rings. The molecular weight excluding hydrogens is 448 g/mol. The lowest BCUT2D eigenvalue weighted by Crippen LogP contribution is -2.42. The molecule has 3 aromatic rings. The third-order valence-corrected chi connectivity index (χ3v) is 4.92. The van der Waals surface area contributed by atoms with Crippen molar-refractivity contribution in [1.82, 2.24) is 25.6 Å². The molecule has 13 heteroatoms. The summed E-state index contributed by atoms with van der Waals surface area (Å²) < 4.78 is 0. The lowest BCUT2D eigenvalue weighted by Gasteiger charge is -2.15. The summed E-state index contributed by atoms with van der Waals surface area (Å²) in [5.41, 5.74) is 6.04. The number of aromatic amines is 2. The van der Waals surface area contributed by atoms with Crippen molar-refractivity contribution in [3.8, 4) is 0 Å². The number of H-pyrrole nitrogens is 2. The first-order chi connectivity index (χ1) is 16.2. The van der Waals surface area contributed by atoms with Crippen molar-refractivity contribution >= 4 is 40.7 Å². The minimum absolute atomic E-state index is 0.0184. The number of carboxylic acids is 2. The number of carboxylic acid groups (broad SMARTS) is 2. The van der Waals surface area contributed by atoms with E-state index >= 15 is 0 Å². The van der Waals surface area contributed by atoms with Gasteiger partial charge in [-0.3, -0.25) is 24.2 Å². The lowest BCUT2D eigenvalue weighted by atomic mass is 10.0. The molecule has 0 unspecified atom stereocenters. The van der Waals surface area contributed by atoms with Crippen LogP contribution in [0.2, 0.25) is 0 Å². The minimum Gasteiger partial charge on any atom is -0.481 e. The standard InChI is InChI=1S/C21H22N6O7/c22-21-26-16-13(19(32)27-21)9-10(24-16)7-8-23-17(30)11-3-1-2-4-12(11)18(31)25-14(20(33)34)5-6-15(28)29/h1-4,9,14H,5-8H2,(H,23,30)(H,25,31)(H,28,29)(H,33,34)(H4,22,24,26,27,32)/t14-/m0/s1. The average Bonchev–Trinajstić information content (AvgIpc) is 3.19. The molecule has 0 aliphatic heterocycles. The molecule has 8 N–H and O–H groups in total. The van der Waals surface area contributed by atoms with Crippen molar-refractivity contribution in [1.29, 1.82) is 0 Å². The summed E-state index contributed by atoms with van der Waals surface area (Å²) in [6.45, 7) is 0.158. The number of nitrogens with one attached hydrogen (secondary N) is 4. The van der Waals surface area contributed by atoms with Gasteiger partial charge in [-0.2, -0.15) is 4.98 Å². The molecule has 2 aromatic heterocycles. The molecule has 1 atom stereocenters. The molecule has 0 fully saturated rings. The van der Waals surface area contributed by atoms with Gasteiger partial charge in [-0.15, -0.1) is 0 Å². The van der Waals surface area contributed by atoms with Gasteiger partial charge in [0.2, 0.25) is 5.95 Å². The van der Waals surface area contributed by atoms with Gasteiger partial charge in [-0.1, -0.05) is 12.1 Å². The van der Waals surface area contributed by atoms with E-state index in [0.29, 0.717) is 23.1 Å². The number of nitrogen functional groups attached to an aromatic ring is 1. The minimum atomic E-state index is -1.42. The van der Waals surface area contributed by atoms with Crippen LogP contribution in [-0.4, -0.2) is 61.5 Å². The predicted molar refractivity (Wildman–Crippen MR) is 119 cm³/mol. The summed E-state index contributed by atoms with van der Waals surface area (Å²) in [6, 6.07) is 6.00. The van der Waals surface area contributed by atoms with Crippen LogP contribution in [-0.2, 0) is 16.0 Å². The van der Waals surface area contributed by atoms with E-state index in [1.807, 2.05) is 0 Å². The molecule has 2 heterocycles. The zero-order valence-corrected chi connectivity index (χ0v) is 17.8. The van der Waals surface area contributed by atoms with Gasteiger partial charge >= 0.3 is 11.9 Å². The molecule has 0 bridgehead atoms. The Balaban J connectivity index is 1.66. The number of hydrogen-bond donors (Lipinski definition) is 7. The first kappa shape index (κ1) is 24.0. The van der Waals surface area contributed by atoms with Crippen LogP contribution >= 0.6 is 0 Å². The van der Waals surface area contributed by atoms with Crippen molar-refractivity contribution in [3.05, 3.63) is 57.5 Å². The first-order valence-corrected chi connectivity index (χ1v) is 10.2. The second-order valence-electron chi connectivity index (χ2n) is 7.36. The van der Waals surface area contributed by atoms with E-state index in [0.717, 1.165) is 0 Å². The molecule has 34 heavy (non-hydrogen) atoms. The maximum atomic E-state index is 12.7. The Kier molecular flexibility index (Phi) is 7.26. The quantitative estimate of drug-likeness (QED) is 0.209. The predicted octanol–water partition coefficient (Wildman–Crippen LogP) is -0.146. The fourth-order valence-corrected chi connectivity index (χ4v) is 3.27. The Morgan fingerprint density at radius 2 is 1.74 bits per heavy atom. The van der Waals surface area contributed by atoms with E-state index in [-0.39, 0.29) is 30.0 Å². The van der Waals surface area contributed by atoms with Crippen LogP contribution in [0.1, 0.15) is 39.3 Å². The van der Waals surface area contributed by atoms with Gasteiger partial charge in [0.05, 0.1) is 16.5 Å². The molecule has 13 nitrogen and oxygen atoms in total. The zero-order valence-electron chi connectivity index (χ0n) is 17.8. The maximum absolute atomic E-state index is 12.7. The third-order valence-electron chi connectivity index (χ3n) is 4.92. The number of nitrogens with two attached hydrogens (primary N) is 1. The maximum Gasteiger partial charge on any atom is 0.326 e. The van der Waals surface area contributed by atoms with Gasteiger partial charge in [-0.25, -0.2) is 4.79 Å². The highest BCUT2D eigenvalue weighted by atomic mass is 16.4. The molecule has 3 rings (SSSR count). The van der Waals surface area contributed by atoms with E-state index in [1.165, 1.54) is 18.2 Å². The van der Waals surface area contributed by atoms with Crippen molar-refractivity contribution in [2.45, 2.75) is 25.3 Å². The molecule has 0 saturated carbocycles. The molecule has 178 valence electrons. The van der Waals surface area contributed by atoms with Crippen molar-refractivity contribution in [3.63, 3.8) is 0 Å². The number of hydrogen-bond acceptors (Lipinski definition) is 7. The summed E-state index contributed by atoms with van der Waals surface area (Å²) in [4.78, 5) is 68.6. The highest BCUT2D eigenvalue weighted by molar-refractivity contribution is 6.08. The first-order valence-electron chi connectivity index (χ1n) is 10.2. The van der Waals surface area contributed by atoms with Gasteiger partial charge in [0.15, 0.2) is 0 Å². The Morgan fingerprint density at radius 1 is 1.06 bits per heavy atom. The zero-order chi connectivity index (χ0) is 24.8. The van der Waals surface area contributed by atoms with Gasteiger partial charge in [0, 0.05) is 25.1 Å². The van der Waals surface area contributed by atoms with E-state index in [4.69, 9.17) is 10.8 Å².